The van der Waals surface area contributed by atoms with Crippen molar-refractivity contribution < 1.29 is 0 Å². The maximum atomic E-state index is 4.42. The maximum Gasteiger partial charge on any atom is 0.0703 e. The van der Waals surface area contributed by atoms with Crippen molar-refractivity contribution >= 4 is 17.5 Å². The van der Waals surface area contributed by atoms with E-state index in [1.165, 1.54) is 16.7 Å². The topological polar surface area (TPSA) is 12.4 Å². The first kappa shape index (κ1) is 13.3. The van der Waals surface area contributed by atoms with E-state index >= 15 is 0 Å². The molecule has 0 amide bonds. The Kier molecular flexibility index (Phi) is 3.96. The summed E-state index contributed by atoms with van der Waals surface area (Å²) < 4.78 is 0. The SMILES string of the molecule is C=C(c1cc(C)ccc1C)c1ccccc1/N=C\C. The van der Waals surface area contributed by atoms with Gasteiger partial charge in [0.1, 0.15) is 0 Å². The number of hydrogen-bond acceptors (Lipinski definition) is 1. The molecule has 0 spiro atoms. The Balaban J connectivity index is 2.53. The van der Waals surface area contributed by atoms with Gasteiger partial charge < -0.3 is 0 Å². The number of aryl methyl sites for hydroxylation is 2. The second-order valence-corrected chi connectivity index (χ2v) is 4.70. The van der Waals surface area contributed by atoms with Crippen molar-refractivity contribution in [2.24, 2.45) is 4.99 Å². The second kappa shape index (κ2) is 5.66. The molecular formula is C18H19N. The van der Waals surface area contributed by atoms with Gasteiger partial charge in [-0.3, -0.25) is 4.99 Å². The number of rotatable bonds is 3. The third-order valence-corrected chi connectivity index (χ3v) is 3.22. The lowest BCUT2D eigenvalue weighted by Crippen LogP contribution is -1.92. The molecule has 0 aliphatic heterocycles. The molecule has 2 rings (SSSR count). The van der Waals surface area contributed by atoms with Gasteiger partial charge in [-0.2, -0.15) is 0 Å². The minimum Gasteiger partial charge on any atom is -0.261 e. The molecule has 0 unspecified atom stereocenters. The van der Waals surface area contributed by atoms with Crippen LogP contribution in [0.15, 0.2) is 54.0 Å². The molecule has 0 saturated heterocycles. The van der Waals surface area contributed by atoms with Crippen LogP contribution in [0.2, 0.25) is 0 Å². The van der Waals surface area contributed by atoms with Gasteiger partial charge in [-0.15, -0.1) is 0 Å². The smallest absolute Gasteiger partial charge is 0.0703 e. The van der Waals surface area contributed by atoms with E-state index in [1.54, 1.807) is 0 Å². The molecule has 0 radical (unpaired) electrons. The molecule has 1 heteroatoms. The van der Waals surface area contributed by atoms with Crippen LogP contribution in [0, 0.1) is 13.8 Å². The van der Waals surface area contributed by atoms with Crippen molar-refractivity contribution in [3.8, 4) is 0 Å². The Bertz CT molecular complexity index is 636. The zero-order chi connectivity index (χ0) is 13.8. The van der Waals surface area contributed by atoms with Gasteiger partial charge >= 0.3 is 0 Å². The fourth-order valence-corrected chi connectivity index (χ4v) is 2.19. The summed E-state index contributed by atoms with van der Waals surface area (Å²) in [5.74, 6) is 0. The van der Waals surface area contributed by atoms with Crippen LogP contribution in [0.4, 0.5) is 5.69 Å². The molecule has 0 atom stereocenters. The van der Waals surface area contributed by atoms with Crippen molar-refractivity contribution in [2.45, 2.75) is 20.8 Å². The van der Waals surface area contributed by atoms with Crippen molar-refractivity contribution in [2.75, 3.05) is 0 Å². The van der Waals surface area contributed by atoms with Gasteiger partial charge in [-0.25, -0.2) is 0 Å². The van der Waals surface area contributed by atoms with Crippen LogP contribution in [-0.2, 0) is 0 Å². The van der Waals surface area contributed by atoms with E-state index in [4.69, 9.17) is 0 Å². The zero-order valence-corrected chi connectivity index (χ0v) is 11.8. The highest BCUT2D eigenvalue weighted by Gasteiger charge is 2.09. The average Bonchev–Trinajstić information content (AvgIpc) is 2.42. The second-order valence-electron chi connectivity index (χ2n) is 4.70. The predicted molar refractivity (Wildman–Crippen MR) is 84.3 cm³/mol. The molecule has 96 valence electrons. The van der Waals surface area contributed by atoms with Crippen LogP contribution >= 0.6 is 0 Å². The van der Waals surface area contributed by atoms with Crippen LogP contribution in [0.25, 0.3) is 5.57 Å². The summed E-state index contributed by atoms with van der Waals surface area (Å²) in [5.41, 5.74) is 6.77. The number of nitrogens with zero attached hydrogens (tertiary/aromatic N) is 1. The summed E-state index contributed by atoms with van der Waals surface area (Å²) in [7, 11) is 0. The number of aliphatic imine (C=N–C) groups is 1. The Labute approximate surface area is 115 Å². The van der Waals surface area contributed by atoms with E-state index in [0.717, 1.165) is 16.8 Å². The number of benzene rings is 2. The van der Waals surface area contributed by atoms with E-state index in [-0.39, 0.29) is 0 Å². The normalized spacial score (nSPS) is 10.9. The molecule has 0 N–H and O–H groups in total. The summed E-state index contributed by atoms with van der Waals surface area (Å²) in [5, 5.41) is 0. The van der Waals surface area contributed by atoms with Crippen molar-refractivity contribution in [1.29, 1.82) is 0 Å². The molecular weight excluding hydrogens is 230 g/mol. The first-order valence-electron chi connectivity index (χ1n) is 6.48. The Hall–Kier alpha value is -2.15. The molecule has 1 nitrogen and oxygen atoms in total. The summed E-state index contributed by atoms with van der Waals surface area (Å²) in [6.07, 6.45) is 1.81. The largest absolute Gasteiger partial charge is 0.261 e. The minimum atomic E-state index is 0.968. The third-order valence-electron chi connectivity index (χ3n) is 3.22. The lowest BCUT2D eigenvalue weighted by Gasteiger charge is -2.12. The standard InChI is InChI=1S/C18H19N/c1-5-19-18-9-7-6-8-16(18)15(4)17-12-13(2)10-11-14(17)3/h5-12H,4H2,1-3H3/b19-5-. The monoisotopic (exact) mass is 249 g/mol. The fraction of sp³-hybridized carbons (Fsp3) is 0.167. The van der Waals surface area contributed by atoms with Crippen LogP contribution in [0.3, 0.4) is 0 Å². The summed E-state index contributed by atoms with van der Waals surface area (Å²) in [4.78, 5) is 4.42. The molecule has 0 fully saturated rings. The molecule has 0 aliphatic carbocycles. The first-order valence-corrected chi connectivity index (χ1v) is 6.48. The summed E-state index contributed by atoms with van der Waals surface area (Å²) in [6.45, 7) is 10.4. The van der Waals surface area contributed by atoms with E-state index < -0.39 is 0 Å². The fourth-order valence-electron chi connectivity index (χ4n) is 2.19. The quantitative estimate of drug-likeness (QED) is 0.672. The van der Waals surface area contributed by atoms with E-state index in [2.05, 4.69) is 49.7 Å². The van der Waals surface area contributed by atoms with Crippen molar-refractivity contribution in [1.82, 2.24) is 0 Å². The van der Waals surface area contributed by atoms with Gasteiger partial charge in [-0.1, -0.05) is 48.5 Å². The first-order chi connectivity index (χ1) is 9.13. The lowest BCUT2D eigenvalue weighted by atomic mass is 9.93. The Morgan fingerprint density at radius 2 is 1.79 bits per heavy atom. The van der Waals surface area contributed by atoms with E-state index in [0.29, 0.717) is 0 Å². The summed E-state index contributed by atoms with van der Waals surface area (Å²) >= 11 is 0. The highest BCUT2D eigenvalue weighted by Crippen LogP contribution is 2.31. The van der Waals surface area contributed by atoms with Crippen LogP contribution in [0.5, 0.6) is 0 Å². The predicted octanol–water partition coefficient (Wildman–Crippen LogP) is 5.09. The van der Waals surface area contributed by atoms with Crippen LogP contribution in [0.1, 0.15) is 29.2 Å². The van der Waals surface area contributed by atoms with Crippen molar-refractivity contribution in [3.63, 3.8) is 0 Å². The van der Waals surface area contributed by atoms with Gasteiger partial charge in [0.05, 0.1) is 5.69 Å². The van der Waals surface area contributed by atoms with E-state index in [9.17, 15) is 0 Å². The Morgan fingerprint density at radius 3 is 2.53 bits per heavy atom. The van der Waals surface area contributed by atoms with Crippen LogP contribution < -0.4 is 0 Å². The highest BCUT2D eigenvalue weighted by atomic mass is 14.7. The molecule has 2 aromatic carbocycles. The van der Waals surface area contributed by atoms with Crippen LogP contribution in [-0.4, -0.2) is 6.21 Å². The van der Waals surface area contributed by atoms with E-state index in [1.807, 2.05) is 31.3 Å². The Morgan fingerprint density at radius 1 is 1.05 bits per heavy atom. The third kappa shape index (κ3) is 2.82. The van der Waals surface area contributed by atoms with Gasteiger partial charge in [0.25, 0.3) is 0 Å². The molecule has 0 heterocycles. The summed E-state index contributed by atoms with van der Waals surface area (Å²) in [6, 6.07) is 14.6. The molecule has 19 heavy (non-hydrogen) atoms. The molecule has 0 aliphatic rings. The maximum absolute atomic E-state index is 4.42. The molecule has 2 aromatic rings. The zero-order valence-electron chi connectivity index (χ0n) is 11.8. The minimum absolute atomic E-state index is 0.968. The molecule has 0 bridgehead atoms. The average molecular weight is 249 g/mol. The van der Waals surface area contributed by atoms with Gasteiger partial charge in [0, 0.05) is 11.8 Å². The van der Waals surface area contributed by atoms with Gasteiger partial charge in [0.15, 0.2) is 0 Å². The van der Waals surface area contributed by atoms with Crippen molar-refractivity contribution in [3.05, 3.63) is 71.3 Å². The van der Waals surface area contributed by atoms with Gasteiger partial charge in [-0.05, 0) is 43.5 Å². The van der Waals surface area contributed by atoms with Gasteiger partial charge in [0.2, 0.25) is 0 Å². The lowest BCUT2D eigenvalue weighted by molar-refractivity contribution is 1.35. The molecule has 0 aromatic heterocycles. The number of hydrogen-bond donors (Lipinski definition) is 0. The molecule has 0 saturated carbocycles. The number of para-hydroxylation sites is 1. The highest BCUT2D eigenvalue weighted by molar-refractivity contribution is 5.86.